The Morgan fingerprint density at radius 3 is 2.48 bits per heavy atom. The summed E-state index contributed by atoms with van der Waals surface area (Å²) < 4.78 is 20.5. The fraction of sp³-hybridized carbons (Fsp3) is 0.500. The van der Waals surface area contributed by atoms with E-state index < -0.39 is 23.3 Å². The molecule has 1 unspecified atom stereocenters. The Morgan fingerprint density at radius 2 is 1.79 bits per heavy atom. The number of piperazine rings is 1. The minimum Gasteiger partial charge on any atom is -0.493 e. The number of H-pyrrole nitrogens is 1. The van der Waals surface area contributed by atoms with Gasteiger partial charge in [0.1, 0.15) is 28.8 Å². The molecule has 0 spiro atoms. The lowest BCUT2D eigenvalue weighted by molar-refractivity contribution is -0.127. The van der Waals surface area contributed by atoms with E-state index in [1.54, 1.807) is 17.8 Å². The van der Waals surface area contributed by atoms with Crippen molar-refractivity contribution in [2.75, 3.05) is 68.8 Å². The molecule has 298 valence electrons. The number of thioether (sulfide) groups is 1. The van der Waals surface area contributed by atoms with Gasteiger partial charge in [-0.1, -0.05) is 31.5 Å². The molecule has 1 aliphatic carbocycles. The van der Waals surface area contributed by atoms with Gasteiger partial charge in [0, 0.05) is 73.1 Å². The van der Waals surface area contributed by atoms with Gasteiger partial charge in [-0.2, -0.15) is 11.8 Å². The summed E-state index contributed by atoms with van der Waals surface area (Å²) in [5.74, 6) is 1.01. The summed E-state index contributed by atoms with van der Waals surface area (Å²) in [6.45, 7) is 12.3. The molecule has 3 fully saturated rings. The predicted molar refractivity (Wildman–Crippen MR) is 220 cm³/mol. The Bertz CT molecular complexity index is 2100. The molecule has 3 aromatic carbocycles. The van der Waals surface area contributed by atoms with Gasteiger partial charge < -0.3 is 24.4 Å². The van der Waals surface area contributed by atoms with Gasteiger partial charge >= 0.3 is 0 Å². The van der Waals surface area contributed by atoms with E-state index in [0.717, 1.165) is 100 Å². The highest BCUT2D eigenvalue weighted by Gasteiger charge is 2.29. The Labute approximate surface area is 331 Å². The number of aryl methyl sites for hydroxylation is 1. The summed E-state index contributed by atoms with van der Waals surface area (Å²) in [4.78, 5) is 65.5. The molecule has 14 heteroatoms. The average Bonchev–Trinajstić information content (AvgIpc) is 4.04. The molecule has 1 atom stereocenters. The number of aromatic nitrogens is 2. The number of hydrogen-bond donors (Lipinski definition) is 2. The molecule has 4 aromatic rings. The first kappa shape index (κ1) is 39.7. The summed E-state index contributed by atoms with van der Waals surface area (Å²) in [6.07, 6.45) is 6.59. The number of aromatic amines is 1. The highest BCUT2D eigenvalue weighted by Crippen LogP contribution is 2.38. The van der Waals surface area contributed by atoms with E-state index >= 15 is 0 Å². The van der Waals surface area contributed by atoms with Gasteiger partial charge in [-0.3, -0.25) is 29.4 Å². The highest BCUT2D eigenvalue weighted by atomic mass is 32.2. The molecule has 12 nitrogen and oxygen atoms in total. The van der Waals surface area contributed by atoms with Crippen LogP contribution in [0.3, 0.4) is 0 Å². The second-order valence-electron chi connectivity index (χ2n) is 15.3. The third-order valence-electron chi connectivity index (χ3n) is 11.4. The van der Waals surface area contributed by atoms with E-state index in [1.807, 2.05) is 32.0 Å². The number of carbonyl (C=O) groups excluding carboxylic acids is 3. The fourth-order valence-electron chi connectivity index (χ4n) is 8.06. The number of ether oxygens (including phenoxy) is 1. The lowest BCUT2D eigenvalue weighted by atomic mass is 9.99. The number of imide groups is 1. The standard InChI is InChI=1S/C42H52FN7O5S/c1-3-5-37(41(53)44-26-51)50(27-52)36-11-10-35(32-7-4-6-28(2)39(32)36)49-20-18-48(19-21-49)17-16-47-14-12-31(13-15-47)56-25-38-45-34-23-30(55-24-29-8-9-29)22-33(43)40(34)42(54)46-38/h4,6-7,10-11,22-23,26-27,29,31,37H,3,5,8-9,12-21,24-25H2,1-2H3,(H,44,51,53)(H,45,46,54). The summed E-state index contributed by atoms with van der Waals surface area (Å²) >= 11 is 1.81. The largest absolute Gasteiger partial charge is 0.493 e. The molecular formula is C42H52FN7O5S. The lowest BCUT2D eigenvalue weighted by Gasteiger charge is -2.39. The molecule has 3 amide bonds. The number of benzene rings is 3. The van der Waals surface area contributed by atoms with Gasteiger partial charge in [0.25, 0.3) is 5.56 Å². The van der Waals surface area contributed by atoms with Crippen molar-refractivity contribution in [1.82, 2.24) is 25.1 Å². The molecule has 0 bridgehead atoms. The van der Waals surface area contributed by atoms with Crippen LogP contribution in [0.2, 0.25) is 0 Å². The van der Waals surface area contributed by atoms with Crippen molar-refractivity contribution >= 4 is 63.5 Å². The van der Waals surface area contributed by atoms with Crippen LogP contribution < -0.4 is 25.4 Å². The Hall–Kier alpha value is -4.53. The molecule has 2 saturated heterocycles. The van der Waals surface area contributed by atoms with Gasteiger partial charge in [-0.25, -0.2) is 9.37 Å². The molecule has 56 heavy (non-hydrogen) atoms. The van der Waals surface area contributed by atoms with E-state index in [2.05, 4.69) is 42.1 Å². The first-order chi connectivity index (χ1) is 27.3. The monoisotopic (exact) mass is 785 g/mol. The Balaban J connectivity index is 0.898. The van der Waals surface area contributed by atoms with Gasteiger partial charge in [0.05, 0.1) is 23.6 Å². The van der Waals surface area contributed by atoms with Crippen molar-refractivity contribution in [3.05, 3.63) is 70.0 Å². The second-order valence-corrected chi connectivity index (χ2v) is 16.6. The highest BCUT2D eigenvalue weighted by molar-refractivity contribution is 7.99. The molecular weight excluding hydrogens is 734 g/mol. The smallest absolute Gasteiger partial charge is 0.261 e. The molecule has 7 rings (SSSR count). The van der Waals surface area contributed by atoms with Crippen molar-refractivity contribution < 1.29 is 23.5 Å². The predicted octanol–water partition coefficient (Wildman–Crippen LogP) is 5.24. The average molecular weight is 786 g/mol. The van der Waals surface area contributed by atoms with Crippen LogP contribution in [0, 0.1) is 18.7 Å². The first-order valence-electron chi connectivity index (χ1n) is 19.9. The maximum atomic E-state index is 14.8. The molecule has 1 saturated carbocycles. The van der Waals surface area contributed by atoms with E-state index in [0.29, 0.717) is 72.0 Å². The van der Waals surface area contributed by atoms with E-state index in [1.165, 1.54) is 11.0 Å². The number of halogens is 1. The molecule has 1 aromatic heterocycles. The lowest BCUT2D eigenvalue weighted by Crippen LogP contribution is -2.49. The van der Waals surface area contributed by atoms with Crippen molar-refractivity contribution in [2.45, 2.75) is 69.4 Å². The number of anilines is 2. The van der Waals surface area contributed by atoms with Gasteiger partial charge in [-0.05, 0) is 75.7 Å². The van der Waals surface area contributed by atoms with Gasteiger partial charge in [0.15, 0.2) is 0 Å². The van der Waals surface area contributed by atoms with Crippen LogP contribution in [-0.2, 0) is 20.1 Å². The van der Waals surface area contributed by atoms with Crippen LogP contribution in [0.1, 0.15) is 56.8 Å². The summed E-state index contributed by atoms with van der Waals surface area (Å²) in [7, 11) is 0. The summed E-state index contributed by atoms with van der Waals surface area (Å²) in [6, 6.07) is 12.3. The number of piperidine rings is 1. The zero-order valence-electron chi connectivity index (χ0n) is 32.3. The van der Waals surface area contributed by atoms with Crippen LogP contribution in [0.15, 0.2) is 47.3 Å². The van der Waals surface area contributed by atoms with E-state index in [9.17, 15) is 23.6 Å². The van der Waals surface area contributed by atoms with Crippen LogP contribution >= 0.6 is 11.8 Å². The van der Waals surface area contributed by atoms with E-state index in [-0.39, 0.29) is 5.39 Å². The minimum atomic E-state index is -0.789. The minimum absolute atomic E-state index is 0.0190. The van der Waals surface area contributed by atoms with Gasteiger partial charge in [0.2, 0.25) is 18.7 Å². The van der Waals surface area contributed by atoms with E-state index in [4.69, 9.17) is 4.74 Å². The molecule has 2 aliphatic heterocycles. The SMILES string of the molecule is CCCC(C(=O)NC=O)N(C=O)c1ccc(N2CCN(CCN3CCC(SCc4nc5cc(OCC6CC6)cc(F)c5c(=O)[nH]4)CC3)CC2)c2cccc(C)c12. The van der Waals surface area contributed by atoms with Crippen molar-refractivity contribution in [3.63, 3.8) is 0 Å². The van der Waals surface area contributed by atoms with Crippen molar-refractivity contribution in [3.8, 4) is 5.75 Å². The number of fused-ring (bicyclic) bond motifs is 2. The third kappa shape index (κ3) is 9.19. The number of nitrogens with one attached hydrogen (secondary N) is 2. The van der Waals surface area contributed by atoms with Crippen LogP contribution in [-0.4, -0.2) is 109 Å². The molecule has 0 radical (unpaired) electrons. The van der Waals surface area contributed by atoms with Crippen molar-refractivity contribution in [1.29, 1.82) is 0 Å². The van der Waals surface area contributed by atoms with Crippen LogP contribution in [0.25, 0.3) is 21.7 Å². The number of likely N-dealkylation sites (tertiary alicyclic amines) is 1. The molecule has 3 aliphatic rings. The second kappa shape index (κ2) is 18.2. The number of carbonyl (C=O) groups is 3. The maximum absolute atomic E-state index is 14.8. The zero-order chi connectivity index (χ0) is 39.2. The van der Waals surface area contributed by atoms with Crippen molar-refractivity contribution in [2.24, 2.45) is 5.92 Å². The Morgan fingerprint density at radius 1 is 1.04 bits per heavy atom. The topological polar surface area (TPSA) is 131 Å². The maximum Gasteiger partial charge on any atom is 0.261 e. The van der Waals surface area contributed by atoms with Crippen LogP contribution in [0.5, 0.6) is 5.75 Å². The normalized spacial score (nSPS) is 17.6. The number of nitrogens with zero attached hydrogens (tertiary/aromatic N) is 5. The van der Waals surface area contributed by atoms with Crippen LogP contribution in [0.4, 0.5) is 15.8 Å². The summed E-state index contributed by atoms with van der Waals surface area (Å²) in [5, 5.41) is 4.66. The number of hydrogen-bond acceptors (Lipinski definition) is 10. The first-order valence-corrected chi connectivity index (χ1v) is 21.0. The van der Waals surface area contributed by atoms with Gasteiger partial charge in [-0.15, -0.1) is 0 Å². The zero-order valence-corrected chi connectivity index (χ0v) is 33.1. The quantitative estimate of drug-likeness (QED) is 0.137. The number of amides is 3. The summed E-state index contributed by atoms with van der Waals surface area (Å²) in [5.41, 5.74) is 2.68. The molecule has 2 N–H and O–H groups in total. The third-order valence-corrected chi connectivity index (χ3v) is 12.8. The number of rotatable bonds is 17. The molecule has 3 heterocycles. The Kier molecular flexibility index (Phi) is 12.9. The fourth-order valence-corrected chi connectivity index (χ4v) is 9.13.